The Hall–Kier alpha value is -2.70. The fraction of sp³-hybridized carbons (Fsp3) is 0.333. The summed E-state index contributed by atoms with van der Waals surface area (Å²) < 4.78 is 60.5. The van der Waals surface area contributed by atoms with Crippen molar-refractivity contribution in [3.05, 3.63) is 65.3 Å². The molecule has 2 atom stereocenters. The molecule has 28 heavy (non-hydrogen) atoms. The van der Waals surface area contributed by atoms with Gasteiger partial charge in [0.15, 0.2) is 23.3 Å². The standard InChI is InChI=1S/C21H20F4O3/c1-12(2)15-14(16(22)18(24)19(25)17(15)23)11-28-20(27)21(3)8-6-4-5-7-13(9-21)10-26/h5-8,10,13H,1,4,9,11H2,2-3H3. The zero-order chi connectivity index (χ0) is 21.1. The van der Waals surface area contributed by atoms with Crippen LogP contribution in [0.15, 0.2) is 30.9 Å². The number of benzene rings is 1. The molecule has 7 heteroatoms. The summed E-state index contributed by atoms with van der Waals surface area (Å²) in [4.78, 5) is 23.8. The number of hydrogen-bond donors (Lipinski definition) is 0. The summed E-state index contributed by atoms with van der Waals surface area (Å²) in [6, 6.07) is 0. The van der Waals surface area contributed by atoms with E-state index in [0.29, 0.717) is 12.7 Å². The van der Waals surface area contributed by atoms with Crippen LogP contribution < -0.4 is 0 Å². The molecule has 0 radical (unpaired) electrons. The first-order chi connectivity index (χ1) is 13.1. The Morgan fingerprint density at radius 3 is 2.46 bits per heavy atom. The number of ether oxygens (including phenoxy) is 1. The Balaban J connectivity index is 2.33. The minimum atomic E-state index is -1.99. The second-order valence-electron chi connectivity index (χ2n) is 6.95. The van der Waals surface area contributed by atoms with Crippen molar-refractivity contribution in [3.63, 3.8) is 0 Å². The number of hydrogen-bond acceptors (Lipinski definition) is 3. The van der Waals surface area contributed by atoms with Crippen LogP contribution in [0.4, 0.5) is 17.6 Å². The van der Waals surface area contributed by atoms with Crippen LogP contribution in [0.2, 0.25) is 0 Å². The van der Waals surface area contributed by atoms with Crippen molar-refractivity contribution < 1.29 is 31.9 Å². The second kappa shape index (κ2) is 8.54. The summed E-state index contributed by atoms with van der Waals surface area (Å²) >= 11 is 0. The van der Waals surface area contributed by atoms with Crippen molar-refractivity contribution in [1.29, 1.82) is 0 Å². The zero-order valence-electron chi connectivity index (χ0n) is 15.5. The molecule has 0 bridgehead atoms. The van der Waals surface area contributed by atoms with Crippen LogP contribution in [-0.4, -0.2) is 12.3 Å². The van der Waals surface area contributed by atoms with Crippen molar-refractivity contribution in [2.24, 2.45) is 11.3 Å². The fourth-order valence-corrected chi connectivity index (χ4v) is 3.09. The summed E-state index contributed by atoms with van der Waals surface area (Å²) in [5, 5.41) is 0. The van der Waals surface area contributed by atoms with Crippen LogP contribution in [0.25, 0.3) is 5.57 Å². The van der Waals surface area contributed by atoms with Gasteiger partial charge in [0.05, 0.1) is 5.41 Å². The molecule has 1 aliphatic rings. The third kappa shape index (κ3) is 4.24. The topological polar surface area (TPSA) is 43.4 Å². The maximum Gasteiger partial charge on any atom is 0.316 e. The van der Waals surface area contributed by atoms with Crippen LogP contribution in [0, 0.1) is 34.6 Å². The molecule has 2 rings (SSSR count). The summed E-state index contributed by atoms with van der Waals surface area (Å²) in [7, 11) is 0. The highest BCUT2D eigenvalue weighted by molar-refractivity contribution is 5.79. The Morgan fingerprint density at radius 1 is 1.21 bits per heavy atom. The first-order valence-corrected chi connectivity index (χ1v) is 8.60. The van der Waals surface area contributed by atoms with E-state index in [1.165, 1.54) is 6.92 Å². The van der Waals surface area contributed by atoms with E-state index in [1.54, 1.807) is 31.2 Å². The summed E-state index contributed by atoms with van der Waals surface area (Å²) in [6.07, 6.45) is 8.09. The number of aldehydes is 1. The number of halogens is 4. The normalized spacial score (nSPS) is 21.7. The molecule has 0 N–H and O–H groups in total. The Kier molecular flexibility index (Phi) is 6.59. The van der Waals surface area contributed by atoms with E-state index in [1.807, 2.05) is 0 Å². The first kappa shape index (κ1) is 21.6. The molecule has 0 aliphatic heterocycles. The summed E-state index contributed by atoms with van der Waals surface area (Å²) in [6.45, 7) is 5.46. The lowest BCUT2D eigenvalue weighted by molar-refractivity contribution is -0.154. The minimum absolute atomic E-state index is 0.0513. The van der Waals surface area contributed by atoms with Crippen LogP contribution in [0.1, 0.15) is 37.8 Å². The average Bonchev–Trinajstić information content (AvgIpc) is 2.64. The molecule has 0 amide bonds. The highest BCUT2D eigenvalue weighted by Crippen LogP contribution is 2.33. The van der Waals surface area contributed by atoms with Crippen molar-refractivity contribution in [1.82, 2.24) is 0 Å². The van der Waals surface area contributed by atoms with Gasteiger partial charge in [0.1, 0.15) is 12.9 Å². The predicted octanol–water partition coefficient (Wildman–Crippen LogP) is 5.05. The molecule has 1 aromatic rings. The SMILES string of the molecule is C=C(C)c1c(F)c(F)c(F)c(F)c1COC(=O)C1(C)C=CCC=CC(C=O)C1. The molecule has 1 aliphatic carbocycles. The molecule has 150 valence electrons. The number of allylic oxidation sites excluding steroid dienone is 4. The Labute approximate surface area is 160 Å². The summed E-state index contributed by atoms with van der Waals surface area (Å²) in [5.74, 6) is -8.51. The molecule has 0 aromatic heterocycles. The van der Waals surface area contributed by atoms with Gasteiger partial charge in [-0.3, -0.25) is 4.79 Å². The quantitative estimate of drug-likeness (QED) is 0.175. The molecule has 0 spiro atoms. The molecular formula is C21H20F4O3. The fourth-order valence-electron chi connectivity index (χ4n) is 3.09. The lowest BCUT2D eigenvalue weighted by Crippen LogP contribution is -2.31. The third-order valence-corrected chi connectivity index (χ3v) is 4.58. The van der Waals surface area contributed by atoms with Gasteiger partial charge in [0, 0.05) is 17.0 Å². The third-order valence-electron chi connectivity index (χ3n) is 4.58. The maximum absolute atomic E-state index is 14.2. The summed E-state index contributed by atoms with van der Waals surface area (Å²) in [5.41, 5.74) is -2.46. The number of esters is 1. The second-order valence-corrected chi connectivity index (χ2v) is 6.95. The van der Waals surface area contributed by atoms with E-state index in [-0.39, 0.29) is 12.0 Å². The number of rotatable bonds is 5. The maximum atomic E-state index is 14.2. The van der Waals surface area contributed by atoms with E-state index < -0.39 is 58.3 Å². The molecule has 0 heterocycles. The van der Waals surface area contributed by atoms with E-state index in [4.69, 9.17) is 4.74 Å². The van der Waals surface area contributed by atoms with Crippen molar-refractivity contribution in [3.8, 4) is 0 Å². The van der Waals surface area contributed by atoms with Crippen LogP contribution in [0.3, 0.4) is 0 Å². The van der Waals surface area contributed by atoms with Gasteiger partial charge < -0.3 is 9.53 Å². The molecule has 0 saturated carbocycles. The predicted molar refractivity (Wildman–Crippen MR) is 96.0 cm³/mol. The van der Waals surface area contributed by atoms with Gasteiger partial charge >= 0.3 is 5.97 Å². The molecule has 2 unspecified atom stereocenters. The molecule has 3 nitrogen and oxygen atoms in total. The van der Waals surface area contributed by atoms with E-state index in [2.05, 4.69) is 6.58 Å². The lowest BCUT2D eigenvalue weighted by Gasteiger charge is -2.27. The van der Waals surface area contributed by atoms with Gasteiger partial charge in [-0.15, -0.1) is 0 Å². The van der Waals surface area contributed by atoms with E-state index >= 15 is 0 Å². The van der Waals surface area contributed by atoms with E-state index in [9.17, 15) is 27.2 Å². The van der Waals surface area contributed by atoms with Gasteiger partial charge in [0.25, 0.3) is 0 Å². The highest BCUT2D eigenvalue weighted by Gasteiger charge is 2.35. The van der Waals surface area contributed by atoms with Crippen molar-refractivity contribution >= 4 is 17.8 Å². The van der Waals surface area contributed by atoms with Crippen molar-refractivity contribution in [2.45, 2.75) is 33.3 Å². The molecule has 1 aromatic carbocycles. The number of carbonyl (C=O) groups excluding carboxylic acids is 2. The minimum Gasteiger partial charge on any atom is -0.460 e. The van der Waals surface area contributed by atoms with E-state index in [0.717, 1.165) is 0 Å². The van der Waals surface area contributed by atoms with Crippen LogP contribution >= 0.6 is 0 Å². The lowest BCUT2D eigenvalue weighted by atomic mass is 9.79. The van der Waals surface area contributed by atoms with Crippen LogP contribution in [0.5, 0.6) is 0 Å². The zero-order valence-corrected chi connectivity index (χ0v) is 15.5. The molecule has 0 saturated heterocycles. The first-order valence-electron chi connectivity index (χ1n) is 8.60. The van der Waals surface area contributed by atoms with Gasteiger partial charge in [-0.1, -0.05) is 30.9 Å². The smallest absolute Gasteiger partial charge is 0.316 e. The Morgan fingerprint density at radius 2 is 1.86 bits per heavy atom. The van der Waals surface area contributed by atoms with Gasteiger partial charge in [-0.25, -0.2) is 17.6 Å². The van der Waals surface area contributed by atoms with Gasteiger partial charge in [0.2, 0.25) is 0 Å². The highest BCUT2D eigenvalue weighted by atomic mass is 19.2. The van der Waals surface area contributed by atoms with Crippen molar-refractivity contribution in [2.75, 3.05) is 0 Å². The Bertz CT molecular complexity index is 873. The van der Waals surface area contributed by atoms with Gasteiger partial charge in [-0.2, -0.15) is 0 Å². The monoisotopic (exact) mass is 396 g/mol. The average molecular weight is 396 g/mol. The number of carbonyl (C=O) groups is 2. The van der Waals surface area contributed by atoms with Gasteiger partial charge in [-0.05, 0) is 32.3 Å². The van der Waals surface area contributed by atoms with Crippen LogP contribution in [-0.2, 0) is 20.9 Å². The molecule has 0 fully saturated rings. The molecular weight excluding hydrogens is 376 g/mol. The largest absolute Gasteiger partial charge is 0.460 e.